The third-order valence-electron chi connectivity index (χ3n) is 3.92. The van der Waals surface area contributed by atoms with Crippen molar-refractivity contribution in [2.75, 3.05) is 7.05 Å². The summed E-state index contributed by atoms with van der Waals surface area (Å²) in [5, 5.41) is 0. The van der Waals surface area contributed by atoms with Crippen LogP contribution >= 0.6 is 0 Å². The minimum atomic E-state index is 0.713. The maximum absolute atomic E-state index is 6.04. The second kappa shape index (κ2) is 7.42. The number of nitrogens with zero attached hydrogens (tertiary/aromatic N) is 1. The number of allylic oxidation sites excluding steroid dienone is 1. The van der Waals surface area contributed by atoms with Crippen LogP contribution in [0, 0.1) is 0 Å². The molecule has 0 aromatic heterocycles. The quantitative estimate of drug-likeness (QED) is 0.675. The van der Waals surface area contributed by atoms with Gasteiger partial charge in [-0.05, 0) is 40.0 Å². The highest BCUT2D eigenvalue weighted by atomic mass is 14.6. The van der Waals surface area contributed by atoms with E-state index in [1.807, 2.05) is 24.3 Å². The summed E-state index contributed by atoms with van der Waals surface area (Å²) < 4.78 is 0. The van der Waals surface area contributed by atoms with Crippen LogP contribution in [-0.2, 0) is 0 Å². The number of nitrogens with two attached hydrogens (primary N) is 1. The van der Waals surface area contributed by atoms with E-state index in [9.17, 15) is 0 Å². The fourth-order valence-electron chi connectivity index (χ4n) is 2.62. The molecule has 0 fully saturated rings. The predicted octanol–water partition coefficient (Wildman–Crippen LogP) is 5.02. The summed E-state index contributed by atoms with van der Waals surface area (Å²) in [7, 11) is 1.73. The fourth-order valence-corrected chi connectivity index (χ4v) is 2.62. The van der Waals surface area contributed by atoms with Gasteiger partial charge in [0.2, 0.25) is 0 Å². The Kier molecular flexibility index (Phi) is 4.87. The molecule has 24 heavy (non-hydrogen) atoms. The minimum absolute atomic E-state index is 0.713. The fraction of sp³-hybridized carbons (Fsp3) is 0.0455. The molecule has 0 spiro atoms. The first-order chi connectivity index (χ1) is 11.8. The lowest BCUT2D eigenvalue weighted by Crippen LogP contribution is -1.96. The molecule has 0 amide bonds. The van der Waals surface area contributed by atoms with Crippen LogP contribution in [0.15, 0.2) is 89.9 Å². The van der Waals surface area contributed by atoms with Crippen molar-refractivity contribution in [2.24, 2.45) is 10.7 Å². The van der Waals surface area contributed by atoms with E-state index in [2.05, 4.69) is 65.7 Å². The Morgan fingerprint density at radius 1 is 0.750 bits per heavy atom. The highest BCUT2D eigenvalue weighted by molar-refractivity contribution is 5.83. The van der Waals surface area contributed by atoms with E-state index in [4.69, 9.17) is 5.73 Å². The average molecular weight is 312 g/mol. The van der Waals surface area contributed by atoms with Gasteiger partial charge in [-0.25, -0.2) is 0 Å². The molecule has 2 heteroatoms. The molecule has 0 aliphatic heterocycles. The van der Waals surface area contributed by atoms with Gasteiger partial charge in [-0.3, -0.25) is 4.99 Å². The van der Waals surface area contributed by atoms with Crippen LogP contribution in [0.2, 0.25) is 0 Å². The zero-order valence-electron chi connectivity index (χ0n) is 13.7. The first kappa shape index (κ1) is 15.8. The largest absolute Gasteiger partial charge is 0.398 e. The lowest BCUT2D eigenvalue weighted by molar-refractivity contribution is 1.47. The summed E-state index contributed by atoms with van der Waals surface area (Å²) in [6.45, 7) is 0. The Labute approximate surface area is 143 Å². The average Bonchev–Trinajstić information content (AvgIpc) is 2.67. The summed E-state index contributed by atoms with van der Waals surface area (Å²) in [4.78, 5) is 3.92. The molecule has 0 aliphatic rings. The van der Waals surface area contributed by atoms with Crippen LogP contribution in [0.1, 0.15) is 5.56 Å². The summed E-state index contributed by atoms with van der Waals surface area (Å²) in [5.41, 5.74) is 12.6. The van der Waals surface area contributed by atoms with Crippen LogP contribution in [0.25, 0.3) is 28.0 Å². The summed E-state index contributed by atoms with van der Waals surface area (Å²) in [5.74, 6) is 0. The van der Waals surface area contributed by atoms with E-state index in [-0.39, 0.29) is 0 Å². The number of hydrogen-bond donors (Lipinski definition) is 1. The molecule has 3 rings (SSSR count). The third-order valence-corrected chi connectivity index (χ3v) is 3.92. The van der Waals surface area contributed by atoms with Crippen molar-refractivity contribution in [3.05, 3.63) is 90.5 Å². The summed E-state index contributed by atoms with van der Waals surface area (Å²) in [6.07, 6.45) is 3.51. The van der Waals surface area contributed by atoms with Gasteiger partial charge in [-0.1, -0.05) is 72.8 Å². The standard InChI is InChI=1S/C22H20N2/c1-24-15-14-22(23)19-12-10-18(11-13-19)21-9-5-8-20(16-21)17-6-3-2-4-7-17/h2-16H,23H2,1H3. The molecular weight excluding hydrogens is 292 g/mol. The molecule has 3 aromatic rings. The second-order valence-corrected chi connectivity index (χ2v) is 5.55. The minimum Gasteiger partial charge on any atom is -0.398 e. The Balaban J connectivity index is 1.90. The highest BCUT2D eigenvalue weighted by Crippen LogP contribution is 2.27. The van der Waals surface area contributed by atoms with Gasteiger partial charge in [0, 0.05) is 19.0 Å². The van der Waals surface area contributed by atoms with Crippen molar-refractivity contribution in [1.29, 1.82) is 0 Å². The second-order valence-electron chi connectivity index (χ2n) is 5.55. The molecule has 0 saturated heterocycles. The van der Waals surface area contributed by atoms with E-state index in [1.54, 1.807) is 13.3 Å². The molecule has 0 bridgehead atoms. The molecule has 3 aromatic carbocycles. The van der Waals surface area contributed by atoms with Gasteiger partial charge in [0.15, 0.2) is 0 Å². The SMILES string of the molecule is CN=CC=C(N)c1ccc(-c2cccc(-c3ccccc3)c2)cc1. The van der Waals surface area contributed by atoms with Crippen molar-refractivity contribution in [2.45, 2.75) is 0 Å². The molecule has 0 radical (unpaired) electrons. The number of hydrogen-bond acceptors (Lipinski definition) is 2. The van der Waals surface area contributed by atoms with Crippen LogP contribution in [-0.4, -0.2) is 13.3 Å². The van der Waals surface area contributed by atoms with Crippen LogP contribution in [0.4, 0.5) is 0 Å². The first-order valence-corrected chi connectivity index (χ1v) is 7.92. The lowest BCUT2D eigenvalue weighted by Gasteiger charge is -2.07. The summed E-state index contributed by atoms with van der Waals surface area (Å²) >= 11 is 0. The van der Waals surface area contributed by atoms with Crippen molar-refractivity contribution in [3.8, 4) is 22.3 Å². The van der Waals surface area contributed by atoms with Crippen LogP contribution in [0.5, 0.6) is 0 Å². The third kappa shape index (κ3) is 3.61. The molecule has 2 N–H and O–H groups in total. The van der Waals surface area contributed by atoms with Crippen LogP contribution < -0.4 is 5.73 Å². The monoisotopic (exact) mass is 312 g/mol. The van der Waals surface area contributed by atoms with E-state index in [1.165, 1.54) is 22.3 Å². The smallest absolute Gasteiger partial charge is 0.0402 e. The maximum atomic E-state index is 6.04. The Morgan fingerprint density at radius 3 is 1.96 bits per heavy atom. The summed E-state index contributed by atoms with van der Waals surface area (Å²) in [6, 6.07) is 27.3. The van der Waals surface area contributed by atoms with Gasteiger partial charge < -0.3 is 5.73 Å². The van der Waals surface area contributed by atoms with Gasteiger partial charge in [0.1, 0.15) is 0 Å². The van der Waals surface area contributed by atoms with Crippen molar-refractivity contribution in [3.63, 3.8) is 0 Å². The van der Waals surface area contributed by atoms with Gasteiger partial charge in [-0.15, -0.1) is 0 Å². The first-order valence-electron chi connectivity index (χ1n) is 7.92. The number of rotatable bonds is 4. The van der Waals surface area contributed by atoms with Gasteiger partial charge >= 0.3 is 0 Å². The van der Waals surface area contributed by atoms with Crippen molar-refractivity contribution in [1.82, 2.24) is 0 Å². The molecule has 0 heterocycles. The zero-order chi connectivity index (χ0) is 16.8. The Bertz CT molecular complexity index is 860. The predicted molar refractivity (Wildman–Crippen MR) is 104 cm³/mol. The normalized spacial score (nSPS) is 11.8. The molecule has 0 saturated carbocycles. The number of aliphatic imine (C=N–C) groups is 1. The van der Waals surface area contributed by atoms with Crippen LogP contribution in [0.3, 0.4) is 0 Å². The topological polar surface area (TPSA) is 38.4 Å². The molecule has 0 aliphatic carbocycles. The highest BCUT2D eigenvalue weighted by Gasteiger charge is 2.02. The maximum Gasteiger partial charge on any atom is 0.0402 e. The van der Waals surface area contributed by atoms with E-state index >= 15 is 0 Å². The lowest BCUT2D eigenvalue weighted by atomic mass is 9.98. The molecule has 0 unspecified atom stereocenters. The van der Waals surface area contributed by atoms with Gasteiger partial charge in [0.25, 0.3) is 0 Å². The van der Waals surface area contributed by atoms with Crippen molar-refractivity contribution < 1.29 is 0 Å². The molecule has 0 atom stereocenters. The molecular formula is C22H20N2. The Hall–Kier alpha value is -3.13. The Morgan fingerprint density at radius 2 is 1.33 bits per heavy atom. The van der Waals surface area contributed by atoms with Gasteiger partial charge in [0.05, 0.1) is 0 Å². The van der Waals surface area contributed by atoms with Crippen molar-refractivity contribution >= 4 is 11.9 Å². The number of benzene rings is 3. The van der Waals surface area contributed by atoms with E-state index < -0.39 is 0 Å². The molecule has 118 valence electrons. The zero-order valence-corrected chi connectivity index (χ0v) is 13.7. The van der Waals surface area contributed by atoms with Gasteiger partial charge in [-0.2, -0.15) is 0 Å². The van der Waals surface area contributed by atoms with E-state index in [0.717, 1.165) is 5.56 Å². The van der Waals surface area contributed by atoms with E-state index in [0.29, 0.717) is 5.70 Å². The molecule has 2 nitrogen and oxygen atoms in total.